The Morgan fingerprint density at radius 1 is 1.38 bits per heavy atom. The minimum atomic E-state index is -3.44. The average molecular weight is 313 g/mol. The Kier molecular flexibility index (Phi) is 3.26. The fraction of sp³-hybridized carbons (Fsp3) is 0.938. The lowest BCUT2D eigenvalue weighted by molar-refractivity contribution is -0.132. The van der Waals surface area contributed by atoms with Gasteiger partial charge in [0.1, 0.15) is 0 Å². The van der Waals surface area contributed by atoms with Crippen LogP contribution in [0, 0.1) is 22.7 Å². The molecule has 0 radical (unpaired) electrons. The van der Waals surface area contributed by atoms with Crippen LogP contribution in [0.25, 0.3) is 0 Å². The molecule has 0 N–H and O–H groups in total. The van der Waals surface area contributed by atoms with E-state index >= 15 is 0 Å². The van der Waals surface area contributed by atoms with Crippen molar-refractivity contribution < 1.29 is 13.2 Å². The molecule has 4 atom stereocenters. The van der Waals surface area contributed by atoms with Crippen LogP contribution in [-0.2, 0) is 14.8 Å². The van der Waals surface area contributed by atoms with Gasteiger partial charge in [0.25, 0.3) is 0 Å². The lowest BCUT2D eigenvalue weighted by Gasteiger charge is -2.37. The van der Waals surface area contributed by atoms with Crippen molar-refractivity contribution in [2.24, 2.45) is 22.7 Å². The van der Waals surface area contributed by atoms with Gasteiger partial charge in [0.2, 0.25) is 15.9 Å². The molecule has 0 aromatic heterocycles. The molecule has 5 heteroatoms. The highest BCUT2D eigenvalue weighted by Gasteiger charge is 2.72. The first-order valence-electron chi connectivity index (χ1n) is 8.23. The summed E-state index contributed by atoms with van der Waals surface area (Å²) in [5, 5.41) is 0. The van der Waals surface area contributed by atoms with Crippen molar-refractivity contribution in [3.05, 3.63) is 0 Å². The second kappa shape index (κ2) is 4.46. The predicted molar refractivity (Wildman–Crippen MR) is 82.0 cm³/mol. The molecule has 3 rings (SSSR count). The van der Waals surface area contributed by atoms with Crippen molar-refractivity contribution in [2.75, 3.05) is 5.75 Å². The normalized spacial score (nSPS) is 40.3. The maximum atomic E-state index is 12.7. The monoisotopic (exact) mass is 313 g/mol. The number of hydrogen-bond acceptors (Lipinski definition) is 3. The van der Waals surface area contributed by atoms with Crippen LogP contribution in [0.3, 0.4) is 0 Å². The number of carbonyl (C=O) groups excluding carboxylic acids is 1. The number of amides is 1. The van der Waals surface area contributed by atoms with E-state index in [1.165, 1.54) is 4.31 Å². The van der Waals surface area contributed by atoms with Crippen molar-refractivity contribution in [3.8, 4) is 0 Å². The number of fused-ring (bicyclic) bond motifs is 1. The number of nitrogens with zero attached hydrogens (tertiary/aromatic N) is 1. The van der Waals surface area contributed by atoms with Gasteiger partial charge in [0, 0.05) is 11.3 Å². The van der Waals surface area contributed by atoms with Gasteiger partial charge in [-0.1, -0.05) is 34.1 Å². The largest absolute Gasteiger partial charge is 0.273 e. The van der Waals surface area contributed by atoms with E-state index in [0.717, 1.165) is 32.1 Å². The highest BCUT2D eigenvalue weighted by molar-refractivity contribution is 7.90. The Hall–Kier alpha value is -0.580. The van der Waals surface area contributed by atoms with Crippen LogP contribution in [-0.4, -0.2) is 30.4 Å². The Morgan fingerprint density at radius 2 is 2.05 bits per heavy atom. The summed E-state index contributed by atoms with van der Waals surface area (Å²) in [6.45, 7) is 8.32. The fourth-order valence-electron chi connectivity index (χ4n) is 5.35. The Balaban J connectivity index is 1.99. The molecule has 1 aliphatic heterocycles. The zero-order valence-electron chi connectivity index (χ0n) is 13.6. The van der Waals surface area contributed by atoms with Crippen LogP contribution < -0.4 is 0 Å². The van der Waals surface area contributed by atoms with Gasteiger partial charge in [-0.3, -0.25) is 4.79 Å². The highest BCUT2D eigenvalue weighted by atomic mass is 32.2. The van der Waals surface area contributed by atoms with E-state index in [2.05, 4.69) is 13.8 Å². The first-order valence-corrected chi connectivity index (χ1v) is 9.84. The van der Waals surface area contributed by atoms with Gasteiger partial charge in [0.05, 0.1) is 11.8 Å². The Bertz CT molecular complexity index is 568. The Labute approximate surface area is 128 Å². The third kappa shape index (κ3) is 1.79. The molecule has 1 amide bonds. The molecule has 3 aliphatic rings. The summed E-state index contributed by atoms with van der Waals surface area (Å²) in [5.41, 5.74) is -0.161. The smallest absolute Gasteiger partial charge is 0.239 e. The second-order valence-electron chi connectivity index (χ2n) is 7.94. The van der Waals surface area contributed by atoms with Crippen LogP contribution in [0.1, 0.15) is 59.8 Å². The number of rotatable bonds is 3. The minimum absolute atomic E-state index is 0.0355. The van der Waals surface area contributed by atoms with E-state index in [1.54, 1.807) is 0 Å². The topological polar surface area (TPSA) is 54.5 Å². The summed E-state index contributed by atoms with van der Waals surface area (Å²) >= 11 is 0. The van der Waals surface area contributed by atoms with E-state index in [9.17, 15) is 13.2 Å². The molecule has 1 spiro atoms. The molecule has 2 aliphatic carbocycles. The lowest BCUT2D eigenvalue weighted by atomic mass is 9.69. The summed E-state index contributed by atoms with van der Waals surface area (Å²) in [5.74, 6) is 0.387. The molecular weight excluding hydrogens is 286 g/mol. The summed E-state index contributed by atoms with van der Waals surface area (Å²) in [7, 11) is -3.44. The van der Waals surface area contributed by atoms with Crippen molar-refractivity contribution >= 4 is 15.9 Å². The van der Waals surface area contributed by atoms with Gasteiger partial charge in [-0.05, 0) is 37.0 Å². The van der Waals surface area contributed by atoms with Crippen LogP contribution in [0.4, 0.5) is 0 Å². The zero-order chi connectivity index (χ0) is 15.6. The van der Waals surface area contributed by atoms with Crippen molar-refractivity contribution in [2.45, 2.75) is 65.8 Å². The van der Waals surface area contributed by atoms with E-state index in [-0.39, 0.29) is 34.4 Å². The van der Waals surface area contributed by atoms with Crippen LogP contribution in [0.15, 0.2) is 0 Å². The maximum absolute atomic E-state index is 12.7. The SMILES string of the molecule is CCC[C@@H](C)C(=O)N1[C@@H]2C[C@H]3CC[C@]2(CS1(=O)=O)C3(C)C. The molecule has 0 aromatic rings. The molecule has 2 saturated carbocycles. The van der Waals surface area contributed by atoms with Gasteiger partial charge in [-0.2, -0.15) is 0 Å². The number of sulfonamides is 1. The molecule has 0 unspecified atom stereocenters. The van der Waals surface area contributed by atoms with Gasteiger partial charge >= 0.3 is 0 Å². The number of hydrogen-bond donors (Lipinski definition) is 0. The van der Waals surface area contributed by atoms with E-state index < -0.39 is 10.0 Å². The zero-order valence-corrected chi connectivity index (χ0v) is 14.4. The van der Waals surface area contributed by atoms with Crippen molar-refractivity contribution in [1.82, 2.24) is 4.31 Å². The fourth-order valence-corrected chi connectivity index (χ4v) is 7.98. The Morgan fingerprint density at radius 3 is 2.62 bits per heavy atom. The summed E-state index contributed by atoms with van der Waals surface area (Å²) in [6, 6.07) is -0.0805. The van der Waals surface area contributed by atoms with Gasteiger partial charge in [-0.25, -0.2) is 12.7 Å². The van der Waals surface area contributed by atoms with Gasteiger partial charge in [-0.15, -0.1) is 0 Å². The molecule has 0 aromatic carbocycles. The maximum Gasteiger partial charge on any atom is 0.239 e. The third-order valence-corrected chi connectivity index (χ3v) is 8.69. The molecule has 1 saturated heterocycles. The number of carbonyl (C=O) groups is 1. The van der Waals surface area contributed by atoms with E-state index in [0.29, 0.717) is 5.92 Å². The molecule has 21 heavy (non-hydrogen) atoms. The second-order valence-corrected chi connectivity index (χ2v) is 9.79. The predicted octanol–water partition coefficient (Wildman–Crippen LogP) is 2.79. The van der Waals surface area contributed by atoms with Crippen molar-refractivity contribution in [1.29, 1.82) is 0 Å². The van der Waals surface area contributed by atoms with Gasteiger partial charge in [0.15, 0.2) is 0 Å². The molecule has 120 valence electrons. The quantitative estimate of drug-likeness (QED) is 0.805. The highest BCUT2D eigenvalue weighted by Crippen LogP contribution is 2.70. The molecule has 4 nitrogen and oxygen atoms in total. The average Bonchev–Trinajstić information content (AvgIpc) is 2.85. The van der Waals surface area contributed by atoms with E-state index in [4.69, 9.17) is 0 Å². The van der Waals surface area contributed by atoms with Crippen molar-refractivity contribution in [3.63, 3.8) is 0 Å². The first kappa shape index (κ1) is 15.3. The summed E-state index contributed by atoms with van der Waals surface area (Å²) in [4.78, 5) is 12.7. The molecule has 2 bridgehead atoms. The molecule has 1 heterocycles. The lowest BCUT2D eigenvalue weighted by Crippen LogP contribution is -2.45. The minimum Gasteiger partial charge on any atom is -0.273 e. The summed E-state index contributed by atoms with van der Waals surface area (Å²) in [6.07, 6.45) is 4.62. The van der Waals surface area contributed by atoms with E-state index in [1.807, 2.05) is 13.8 Å². The first-order chi connectivity index (χ1) is 9.67. The molecule has 3 fully saturated rings. The molecular formula is C16H27NO3S. The summed E-state index contributed by atoms with van der Waals surface area (Å²) < 4.78 is 26.7. The standard InChI is InChI=1S/C16H27NO3S/c1-5-6-11(2)14(18)17-13-9-12-7-8-16(13,15(12,3)4)10-21(17,19)20/h11-13H,5-10H2,1-4H3/t11-,12-,13-,16-/m1/s1. The third-order valence-electron chi connectivity index (χ3n) is 6.77. The van der Waals surface area contributed by atoms with Crippen LogP contribution in [0.5, 0.6) is 0 Å². The van der Waals surface area contributed by atoms with Crippen LogP contribution >= 0.6 is 0 Å². The van der Waals surface area contributed by atoms with Crippen LogP contribution in [0.2, 0.25) is 0 Å². The van der Waals surface area contributed by atoms with Gasteiger partial charge < -0.3 is 0 Å².